The zero-order valence-corrected chi connectivity index (χ0v) is 14.8. The number of hydroxylamine groups is 1. The Kier molecular flexibility index (Phi) is 7.53. The molecule has 0 bridgehead atoms. The van der Waals surface area contributed by atoms with Crippen LogP contribution in [-0.2, 0) is 10.1 Å². The minimum Gasteiger partial charge on any atom is -0.504 e. The highest BCUT2D eigenvalue weighted by molar-refractivity contribution is 7.85. The molecule has 2 aromatic carbocycles. The first kappa shape index (κ1) is 21.7. The van der Waals surface area contributed by atoms with Crippen LogP contribution in [0.1, 0.15) is 11.1 Å². The number of rotatable bonds is 3. The number of hydrogen-bond acceptors (Lipinski definition) is 8. The van der Waals surface area contributed by atoms with Gasteiger partial charge in [0.05, 0.1) is 11.1 Å². The second-order valence-corrected chi connectivity index (χ2v) is 6.46. The molecule has 0 aliphatic heterocycles. The van der Waals surface area contributed by atoms with Crippen LogP contribution in [0, 0.1) is 6.92 Å². The van der Waals surface area contributed by atoms with Gasteiger partial charge in [0, 0.05) is 5.56 Å². The molecule has 0 amide bonds. The van der Waals surface area contributed by atoms with Crippen molar-refractivity contribution in [1.29, 1.82) is 0 Å². The molecule has 0 aromatic heterocycles. The molecule has 0 fully saturated rings. The van der Waals surface area contributed by atoms with Crippen LogP contribution in [0.2, 0.25) is 0 Å². The van der Waals surface area contributed by atoms with E-state index in [0.29, 0.717) is 5.56 Å². The molecule has 2 rings (SSSR count). The van der Waals surface area contributed by atoms with Crippen LogP contribution in [0.25, 0.3) is 0 Å². The molecule has 2 aromatic rings. The molecule has 11 nitrogen and oxygen atoms in total. The first-order valence-electron chi connectivity index (χ1n) is 7.10. The third-order valence-corrected chi connectivity index (χ3v) is 3.77. The summed E-state index contributed by atoms with van der Waals surface area (Å²) in [6.07, 6.45) is 1.16. The van der Waals surface area contributed by atoms with Gasteiger partial charge in [0.15, 0.2) is 17.2 Å². The van der Waals surface area contributed by atoms with E-state index in [0.717, 1.165) is 23.9 Å². The smallest absolute Gasteiger partial charge is 0.294 e. The zero-order chi connectivity index (χ0) is 20.6. The zero-order valence-electron chi connectivity index (χ0n) is 14.0. The van der Waals surface area contributed by atoms with E-state index in [-0.39, 0.29) is 10.9 Å². The Morgan fingerprint density at radius 1 is 1.11 bits per heavy atom. The molecule has 0 saturated heterocycles. The van der Waals surface area contributed by atoms with Crippen molar-refractivity contribution in [2.24, 2.45) is 15.9 Å². The fraction of sp³-hybridized carbons (Fsp3) is 0.0667. The fourth-order valence-corrected chi connectivity index (χ4v) is 2.07. The van der Waals surface area contributed by atoms with Crippen molar-refractivity contribution < 1.29 is 33.5 Å². The molecule has 0 aliphatic rings. The van der Waals surface area contributed by atoms with Crippen LogP contribution >= 0.6 is 0 Å². The number of hydrogen-bond donors (Lipinski definition) is 7. The summed E-state index contributed by atoms with van der Waals surface area (Å²) in [4.78, 5) is -0.0666. The molecule has 0 spiro atoms. The van der Waals surface area contributed by atoms with Crippen LogP contribution < -0.4 is 11.2 Å². The molecule has 0 unspecified atom stereocenters. The lowest BCUT2D eigenvalue weighted by Gasteiger charge is -2.01. The second-order valence-electron chi connectivity index (χ2n) is 5.04. The molecule has 0 heterocycles. The van der Waals surface area contributed by atoms with E-state index in [9.17, 15) is 8.42 Å². The monoisotopic (exact) mass is 398 g/mol. The van der Waals surface area contributed by atoms with E-state index in [1.165, 1.54) is 12.1 Å². The van der Waals surface area contributed by atoms with Crippen LogP contribution in [0.4, 0.5) is 0 Å². The summed E-state index contributed by atoms with van der Waals surface area (Å²) >= 11 is 0. The van der Waals surface area contributed by atoms with Gasteiger partial charge in [-0.25, -0.2) is 5.48 Å². The number of aryl methyl sites for hydroxylation is 1. The molecule has 146 valence electrons. The van der Waals surface area contributed by atoms with Gasteiger partial charge in [-0.1, -0.05) is 17.7 Å². The highest BCUT2D eigenvalue weighted by atomic mass is 32.2. The average Bonchev–Trinajstić information content (AvgIpc) is 2.59. The lowest BCUT2D eigenvalue weighted by molar-refractivity contribution is 0.232. The third kappa shape index (κ3) is 7.19. The summed E-state index contributed by atoms with van der Waals surface area (Å²) in [6, 6.07) is 8.31. The number of phenolic OH excluding ortho intramolecular Hbond substituents is 3. The Balaban J connectivity index is 0.000000289. The van der Waals surface area contributed by atoms with Crippen LogP contribution in [-0.4, -0.2) is 45.7 Å². The van der Waals surface area contributed by atoms with Crippen LogP contribution in [0.5, 0.6) is 17.2 Å². The summed E-state index contributed by atoms with van der Waals surface area (Å²) in [5.41, 5.74) is 7.87. The topological polar surface area (TPSA) is 198 Å². The Bertz CT molecular complexity index is 918. The minimum absolute atomic E-state index is 0.0666. The van der Waals surface area contributed by atoms with Gasteiger partial charge >= 0.3 is 0 Å². The van der Waals surface area contributed by atoms with Crippen molar-refractivity contribution in [3.8, 4) is 17.2 Å². The van der Waals surface area contributed by atoms with Crippen LogP contribution in [0.15, 0.2) is 51.5 Å². The summed E-state index contributed by atoms with van der Waals surface area (Å²) in [5.74, 6) is -1.90. The quantitative estimate of drug-likeness (QED) is 0.128. The first-order chi connectivity index (χ1) is 12.5. The van der Waals surface area contributed by atoms with E-state index >= 15 is 0 Å². The van der Waals surface area contributed by atoms with E-state index in [2.05, 4.69) is 10.2 Å². The first-order valence-corrected chi connectivity index (χ1v) is 8.54. The maximum Gasteiger partial charge on any atom is 0.294 e. The molecular weight excluding hydrogens is 380 g/mol. The standard InChI is InChI=1S/C8H10N4O4.C7H8O3S/c9-8(12-16)11-10-3-4-1-5(13)7(15)6(14)2-4;1-6-2-4-7(5-3-6)11(8,9)10/h1-3,13-16H,(H3,9,11,12);2-5H,1H3,(H,8,9,10)/b10-3+;. The number of guanidine groups is 1. The lowest BCUT2D eigenvalue weighted by Crippen LogP contribution is -2.27. The summed E-state index contributed by atoms with van der Waals surface area (Å²) < 4.78 is 29.6. The van der Waals surface area contributed by atoms with Gasteiger partial charge in [0.1, 0.15) is 0 Å². The lowest BCUT2D eigenvalue weighted by atomic mass is 10.2. The minimum atomic E-state index is -4.02. The van der Waals surface area contributed by atoms with Crippen molar-refractivity contribution in [2.75, 3.05) is 0 Å². The summed E-state index contributed by atoms with van der Waals surface area (Å²) in [6.45, 7) is 1.84. The molecule has 12 heteroatoms. The Morgan fingerprint density at radius 3 is 2.07 bits per heavy atom. The van der Waals surface area contributed by atoms with Crippen molar-refractivity contribution in [3.05, 3.63) is 47.5 Å². The summed E-state index contributed by atoms with van der Waals surface area (Å²) in [5, 5.41) is 42.3. The molecule has 0 aliphatic carbocycles. The average molecular weight is 398 g/mol. The molecule has 0 atom stereocenters. The van der Waals surface area contributed by atoms with Crippen molar-refractivity contribution in [1.82, 2.24) is 5.48 Å². The molecule has 8 N–H and O–H groups in total. The van der Waals surface area contributed by atoms with E-state index in [1.807, 2.05) is 6.92 Å². The van der Waals surface area contributed by atoms with E-state index < -0.39 is 27.4 Å². The number of benzene rings is 2. The van der Waals surface area contributed by atoms with Gasteiger partial charge in [-0.15, -0.1) is 5.10 Å². The van der Waals surface area contributed by atoms with Crippen LogP contribution in [0.3, 0.4) is 0 Å². The van der Waals surface area contributed by atoms with Gasteiger partial charge in [-0.2, -0.15) is 13.5 Å². The number of nitrogens with zero attached hydrogens (tertiary/aromatic N) is 2. The largest absolute Gasteiger partial charge is 0.504 e. The van der Waals surface area contributed by atoms with E-state index in [1.54, 1.807) is 17.6 Å². The molecule has 27 heavy (non-hydrogen) atoms. The number of aromatic hydroxyl groups is 3. The number of nitrogens with one attached hydrogen (secondary N) is 1. The van der Waals surface area contributed by atoms with E-state index in [4.69, 9.17) is 30.8 Å². The van der Waals surface area contributed by atoms with Gasteiger partial charge in [0.2, 0.25) is 5.96 Å². The molecule has 0 radical (unpaired) electrons. The molecule has 0 saturated carbocycles. The molecular formula is C15H18N4O7S. The van der Waals surface area contributed by atoms with Gasteiger partial charge in [0.25, 0.3) is 10.1 Å². The van der Waals surface area contributed by atoms with Crippen molar-refractivity contribution in [2.45, 2.75) is 11.8 Å². The van der Waals surface area contributed by atoms with Crippen molar-refractivity contribution in [3.63, 3.8) is 0 Å². The highest BCUT2D eigenvalue weighted by Crippen LogP contribution is 2.34. The van der Waals surface area contributed by atoms with Gasteiger partial charge in [-0.3, -0.25) is 9.76 Å². The fourth-order valence-electron chi connectivity index (χ4n) is 1.59. The third-order valence-electron chi connectivity index (χ3n) is 2.90. The maximum absolute atomic E-state index is 10.5. The van der Waals surface area contributed by atoms with Gasteiger partial charge in [-0.05, 0) is 31.2 Å². The predicted octanol–water partition coefficient (Wildman–Crippen LogP) is 0.673. The number of nitrogens with two attached hydrogens (primary N) is 1. The van der Waals surface area contributed by atoms with Crippen molar-refractivity contribution >= 4 is 22.3 Å². The maximum atomic E-state index is 10.5. The highest BCUT2D eigenvalue weighted by Gasteiger charge is 2.07. The Labute approximate surface area is 154 Å². The Morgan fingerprint density at radius 2 is 1.63 bits per heavy atom. The predicted molar refractivity (Wildman–Crippen MR) is 96.6 cm³/mol. The second kappa shape index (κ2) is 9.38. The SMILES string of the molecule is Cc1ccc(S(=O)(=O)O)cc1.N/C(=N/N=C/c1cc(O)c(O)c(O)c1)NO. The number of phenols is 3. The Hall–Kier alpha value is -3.35. The normalized spacial score (nSPS) is 11.7. The summed E-state index contributed by atoms with van der Waals surface area (Å²) in [7, 11) is -4.02. The van der Waals surface area contributed by atoms with Gasteiger partial charge < -0.3 is 21.1 Å².